The molecule has 2 aliphatic carbocycles. The second kappa shape index (κ2) is 10.1. The Kier molecular flexibility index (Phi) is 7.43. The van der Waals surface area contributed by atoms with Gasteiger partial charge in [0.25, 0.3) is 0 Å². The van der Waals surface area contributed by atoms with E-state index in [9.17, 15) is 9.59 Å². The van der Waals surface area contributed by atoms with E-state index in [1.54, 1.807) is 12.1 Å². The molecule has 0 atom stereocenters. The van der Waals surface area contributed by atoms with Crippen LogP contribution in [0.5, 0.6) is 5.75 Å². The van der Waals surface area contributed by atoms with Gasteiger partial charge in [0.2, 0.25) is 0 Å². The SMILES string of the molecule is CC1(C)CC(=O)C2=C(C1)OC1=C(C(=O)CC(C)(C)C1)C2c1cc(Br)cc(Br)c1OCc1ccc(Cl)cc1Cl. The number of halogens is 4. The summed E-state index contributed by atoms with van der Waals surface area (Å²) in [6.45, 7) is 8.49. The molecule has 0 unspecified atom stereocenters. The first-order valence-corrected chi connectivity index (χ1v) is 14.8. The molecule has 3 aliphatic rings. The number of rotatable bonds is 4. The van der Waals surface area contributed by atoms with Crippen molar-refractivity contribution in [3.8, 4) is 5.75 Å². The Morgan fingerprint density at radius 2 is 1.47 bits per heavy atom. The maximum Gasteiger partial charge on any atom is 0.163 e. The van der Waals surface area contributed by atoms with Crippen molar-refractivity contribution >= 4 is 66.6 Å². The lowest BCUT2D eigenvalue weighted by atomic mass is 9.65. The molecule has 0 amide bonds. The molecule has 0 N–H and O–H groups in total. The molecule has 0 saturated heterocycles. The van der Waals surface area contributed by atoms with Crippen LogP contribution in [-0.2, 0) is 20.9 Å². The molecule has 38 heavy (non-hydrogen) atoms. The summed E-state index contributed by atoms with van der Waals surface area (Å²) in [4.78, 5) is 27.4. The summed E-state index contributed by atoms with van der Waals surface area (Å²) in [6.07, 6.45) is 2.03. The summed E-state index contributed by atoms with van der Waals surface area (Å²) in [5.74, 6) is 1.33. The predicted molar refractivity (Wildman–Crippen MR) is 157 cm³/mol. The van der Waals surface area contributed by atoms with Gasteiger partial charge in [0.15, 0.2) is 11.6 Å². The molecule has 8 heteroatoms. The van der Waals surface area contributed by atoms with Gasteiger partial charge in [-0.2, -0.15) is 0 Å². The highest BCUT2D eigenvalue weighted by molar-refractivity contribution is 9.11. The lowest BCUT2D eigenvalue weighted by Gasteiger charge is -2.43. The van der Waals surface area contributed by atoms with Crippen LogP contribution in [0.4, 0.5) is 0 Å². The van der Waals surface area contributed by atoms with Gasteiger partial charge in [-0.25, -0.2) is 0 Å². The van der Waals surface area contributed by atoms with Crippen LogP contribution in [0, 0.1) is 10.8 Å². The minimum absolute atomic E-state index is 0.00762. The van der Waals surface area contributed by atoms with Crippen LogP contribution >= 0.6 is 55.1 Å². The molecule has 0 bridgehead atoms. The Morgan fingerprint density at radius 1 is 0.895 bits per heavy atom. The summed E-state index contributed by atoms with van der Waals surface area (Å²) in [6, 6.07) is 9.10. The standard InChI is InChI=1S/C30H28Br2Cl2O4/c1-29(2)10-21(35)26-23(12-29)38-24-13-30(3,4)11-22(36)27(24)25(26)18-7-16(31)8-19(32)28(18)37-14-15-5-6-17(33)9-20(15)34/h5-9,25H,10-14H2,1-4H3. The van der Waals surface area contributed by atoms with Crippen LogP contribution in [0.15, 0.2) is 61.9 Å². The minimum Gasteiger partial charge on any atom is -0.487 e. The normalized spacial score (nSPS) is 20.7. The molecular formula is C30H28Br2Cl2O4. The fourth-order valence-electron chi connectivity index (χ4n) is 5.72. The lowest BCUT2D eigenvalue weighted by molar-refractivity contribution is -0.120. The van der Waals surface area contributed by atoms with Crippen molar-refractivity contribution in [3.63, 3.8) is 0 Å². The summed E-state index contributed by atoms with van der Waals surface area (Å²) in [5.41, 5.74) is 2.19. The molecule has 200 valence electrons. The second-order valence-corrected chi connectivity index (χ2v) is 14.5. The zero-order chi connectivity index (χ0) is 27.6. The quantitative estimate of drug-likeness (QED) is 0.322. The van der Waals surface area contributed by atoms with Crippen molar-refractivity contribution in [1.82, 2.24) is 0 Å². The zero-order valence-corrected chi connectivity index (χ0v) is 26.3. The topological polar surface area (TPSA) is 52.6 Å². The van der Waals surface area contributed by atoms with E-state index in [1.165, 1.54) is 0 Å². The highest BCUT2D eigenvalue weighted by Crippen LogP contribution is 2.55. The number of hydrogen-bond donors (Lipinski definition) is 0. The van der Waals surface area contributed by atoms with E-state index in [-0.39, 0.29) is 29.0 Å². The minimum atomic E-state index is -0.578. The van der Waals surface area contributed by atoms with Gasteiger partial charge in [0, 0.05) is 62.5 Å². The first-order chi connectivity index (χ1) is 17.7. The average Bonchev–Trinajstić information content (AvgIpc) is 2.76. The van der Waals surface area contributed by atoms with Gasteiger partial charge in [0.05, 0.1) is 10.4 Å². The van der Waals surface area contributed by atoms with E-state index in [2.05, 4.69) is 59.6 Å². The maximum absolute atomic E-state index is 13.7. The highest BCUT2D eigenvalue weighted by Gasteiger charge is 2.48. The van der Waals surface area contributed by atoms with Crippen LogP contribution in [-0.4, -0.2) is 11.6 Å². The Bertz CT molecular complexity index is 1390. The third kappa shape index (κ3) is 5.39. The molecule has 0 saturated carbocycles. The fraction of sp³-hybridized carbons (Fsp3) is 0.400. The van der Waals surface area contributed by atoms with Crippen molar-refractivity contribution < 1.29 is 19.1 Å². The lowest BCUT2D eigenvalue weighted by Crippen LogP contribution is -2.37. The summed E-state index contributed by atoms with van der Waals surface area (Å²) < 4.78 is 14.3. The third-order valence-corrected chi connectivity index (χ3v) is 8.95. The van der Waals surface area contributed by atoms with E-state index in [0.29, 0.717) is 68.6 Å². The number of carbonyl (C=O) groups excluding carboxylic acids is 2. The molecule has 0 radical (unpaired) electrons. The largest absolute Gasteiger partial charge is 0.487 e. The fourth-order valence-corrected chi connectivity index (χ4v) is 7.56. The molecular weight excluding hydrogens is 655 g/mol. The monoisotopic (exact) mass is 680 g/mol. The number of carbonyl (C=O) groups is 2. The van der Waals surface area contributed by atoms with Gasteiger partial charge in [-0.1, -0.05) is 72.9 Å². The van der Waals surface area contributed by atoms with E-state index >= 15 is 0 Å². The van der Waals surface area contributed by atoms with Crippen LogP contribution < -0.4 is 4.74 Å². The molecule has 1 heterocycles. The van der Waals surface area contributed by atoms with E-state index in [1.807, 2.05) is 18.2 Å². The van der Waals surface area contributed by atoms with Crippen LogP contribution in [0.2, 0.25) is 10.0 Å². The number of ketones is 2. The molecule has 2 aromatic rings. The number of benzene rings is 2. The Hall–Kier alpha value is -1.60. The van der Waals surface area contributed by atoms with Gasteiger partial charge in [-0.15, -0.1) is 0 Å². The van der Waals surface area contributed by atoms with E-state index in [0.717, 1.165) is 15.6 Å². The average molecular weight is 683 g/mol. The molecule has 0 spiro atoms. The molecule has 1 aliphatic heterocycles. The first-order valence-electron chi connectivity index (χ1n) is 12.5. The summed E-state index contributed by atoms with van der Waals surface area (Å²) in [5, 5.41) is 1.05. The first kappa shape index (κ1) is 27.9. The zero-order valence-electron chi connectivity index (χ0n) is 21.6. The van der Waals surface area contributed by atoms with Crippen molar-refractivity contribution in [2.24, 2.45) is 10.8 Å². The number of Topliss-reactive ketones (excluding diaryl/α,β-unsaturated/α-hetero) is 2. The number of hydrogen-bond acceptors (Lipinski definition) is 4. The Balaban J connectivity index is 1.67. The molecule has 5 rings (SSSR count). The number of ether oxygens (including phenoxy) is 2. The van der Waals surface area contributed by atoms with E-state index in [4.69, 9.17) is 32.7 Å². The predicted octanol–water partition coefficient (Wildman–Crippen LogP) is 9.50. The Morgan fingerprint density at radius 3 is 2.03 bits per heavy atom. The maximum atomic E-state index is 13.7. The van der Waals surface area contributed by atoms with Crippen molar-refractivity contribution in [2.45, 2.75) is 65.9 Å². The van der Waals surface area contributed by atoms with Crippen LogP contribution in [0.25, 0.3) is 0 Å². The third-order valence-electron chi connectivity index (χ3n) is 7.32. The molecule has 0 fully saturated rings. The van der Waals surface area contributed by atoms with Crippen molar-refractivity contribution in [3.05, 3.63) is 83.1 Å². The highest BCUT2D eigenvalue weighted by atomic mass is 79.9. The summed E-state index contributed by atoms with van der Waals surface area (Å²) >= 11 is 19.8. The molecule has 2 aromatic carbocycles. The molecule has 0 aromatic heterocycles. The number of allylic oxidation sites excluding steroid dienone is 4. The van der Waals surface area contributed by atoms with Crippen molar-refractivity contribution in [1.29, 1.82) is 0 Å². The second-order valence-electron chi connectivity index (χ2n) is 11.9. The van der Waals surface area contributed by atoms with Gasteiger partial charge in [0.1, 0.15) is 23.9 Å². The van der Waals surface area contributed by atoms with Crippen LogP contribution in [0.3, 0.4) is 0 Å². The van der Waals surface area contributed by atoms with Gasteiger partial charge in [-0.3, -0.25) is 9.59 Å². The van der Waals surface area contributed by atoms with Gasteiger partial charge < -0.3 is 9.47 Å². The van der Waals surface area contributed by atoms with Gasteiger partial charge >= 0.3 is 0 Å². The smallest absolute Gasteiger partial charge is 0.163 e. The Labute approximate surface area is 250 Å². The summed E-state index contributed by atoms with van der Waals surface area (Å²) in [7, 11) is 0. The van der Waals surface area contributed by atoms with Crippen LogP contribution in [0.1, 0.15) is 70.4 Å². The molecule has 4 nitrogen and oxygen atoms in total. The van der Waals surface area contributed by atoms with E-state index < -0.39 is 5.92 Å². The van der Waals surface area contributed by atoms with Gasteiger partial charge in [-0.05, 0) is 51.0 Å². The van der Waals surface area contributed by atoms with Crippen molar-refractivity contribution in [2.75, 3.05) is 0 Å².